The van der Waals surface area contributed by atoms with E-state index in [1.54, 1.807) is 0 Å². The van der Waals surface area contributed by atoms with Crippen molar-refractivity contribution in [1.29, 1.82) is 0 Å². The van der Waals surface area contributed by atoms with Gasteiger partial charge in [0.15, 0.2) is 0 Å². The van der Waals surface area contributed by atoms with Crippen molar-refractivity contribution in [1.82, 2.24) is 21.3 Å². The highest BCUT2D eigenvalue weighted by Gasteiger charge is 2.28. The molecule has 3 rings (SSSR count). The summed E-state index contributed by atoms with van der Waals surface area (Å²) in [5.74, 6) is -2.07. The lowest BCUT2D eigenvalue weighted by molar-refractivity contribution is -0.137. The van der Waals surface area contributed by atoms with E-state index in [4.69, 9.17) is 9.84 Å². The monoisotopic (exact) mass is 524 g/mol. The number of carboxylic acids is 1. The van der Waals surface area contributed by atoms with Crippen LogP contribution in [0.15, 0.2) is 48.5 Å². The molecule has 0 aromatic heterocycles. The molecular formula is C27H32N4O7. The summed E-state index contributed by atoms with van der Waals surface area (Å²) in [7, 11) is 0. The summed E-state index contributed by atoms with van der Waals surface area (Å²) in [5, 5.41) is 18.7. The fourth-order valence-electron chi connectivity index (χ4n) is 4.13. The molecule has 38 heavy (non-hydrogen) atoms. The van der Waals surface area contributed by atoms with Gasteiger partial charge in [-0.3, -0.25) is 19.2 Å². The van der Waals surface area contributed by atoms with Crippen molar-refractivity contribution in [3.63, 3.8) is 0 Å². The summed E-state index contributed by atoms with van der Waals surface area (Å²) in [5.41, 5.74) is 4.51. The maximum Gasteiger partial charge on any atom is 0.407 e. The Bertz CT molecular complexity index is 1120. The van der Waals surface area contributed by atoms with E-state index in [0.717, 1.165) is 22.3 Å². The van der Waals surface area contributed by atoms with Crippen LogP contribution in [-0.2, 0) is 23.9 Å². The van der Waals surface area contributed by atoms with Crippen LogP contribution in [0.2, 0.25) is 0 Å². The number of nitrogens with one attached hydrogen (secondary N) is 4. The molecule has 202 valence electrons. The number of amides is 4. The number of carboxylic acid groups (broad SMARTS) is 1. The smallest absolute Gasteiger partial charge is 0.407 e. The first-order valence-corrected chi connectivity index (χ1v) is 12.5. The van der Waals surface area contributed by atoms with Gasteiger partial charge in [0, 0.05) is 51.4 Å². The lowest BCUT2D eigenvalue weighted by Crippen LogP contribution is -2.35. The van der Waals surface area contributed by atoms with E-state index in [2.05, 4.69) is 33.4 Å². The number of benzene rings is 2. The predicted octanol–water partition coefficient (Wildman–Crippen LogP) is 1.52. The average molecular weight is 525 g/mol. The summed E-state index contributed by atoms with van der Waals surface area (Å²) in [6.45, 7) is 0.525. The van der Waals surface area contributed by atoms with Crippen LogP contribution in [0.25, 0.3) is 11.1 Å². The van der Waals surface area contributed by atoms with Gasteiger partial charge in [-0.15, -0.1) is 0 Å². The molecule has 11 heteroatoms. The molecule has 1 aliphatic rings. The topological polar surface area (TPSA) is 163 Å². The lowest BCUT2D eigenvalue weighted by atomic mass is 9.98. The van der Waals surface area contributed by atoms with Gasteiger partial charge in [-0.1, -0.05) is 48.5 Å². The third kappa shape index (κ3) is 8.61. The second-order valence-corrected chi connectivity index (χ2v) is 8.70. The van der Waals surface area contributed by atoms with Crippen molar-refractivity contribution in [3.05, 3.63) is 59.7 Å². The molecule has 0 spiro atoms. The van der Waals surface area contributed by atoms with Crippen molar-refractivity contribution < 1.29 is 33.8 Å². The zero-order valence-corrected chi connectivity index (χ0v) is 21.0. The van der Waals surface area contributed by atoms with E-state index < -0.39 is 12.1 Å². The Morgan fingerprint density at radius 3 is 1.53 bits per heavy atom. The van der Waals surface area contributed by atoms with Gasteiger partial charge in [-0.2, -0.15) is 0 Å². The molecule has 0 bridgehead atoms. The summed E-state index contributed by atoms with van der Waals surface area (Å²) < 4.78 is 5.43. The van der Waals surface area contributed by atoms with Gasteiger partial charge >= 0.3 is 12.1 Å². The molecule has 2 aromatic carbocycles. The fourth-order valence-corrected chi connectivity index (χ4v) is 4.13. The van der Waals surface area contributed by atoms with Crippen LogP contribution >= 0.6 is 0 Å². The molecule has 0 saturated carbocycles. The van der Waals surface area contributed by atoms with Gasteiger partial charge < -0.3 is 31.1 Å². The van der Waals surface area contributed by atoms with Crippen molar-refractivity contribution in [2.45, 2.75) is 31.6 Å². The molecule has 0 atom stereocenters. The standard InChI is InChI=1S/C27H32N4O7/c32-23(28-14-10-24(33)30-16-12-26(35)36)9-13-29-25(34)11-15-31-27(37)38-17-22-20-7-3-1-5-18(20)19-6-2-4-8-21(19)22/h1-8,22H,9-17H2,(H,28,32)(H,29,34)(H,30,33)(H,31,37)(H,35,36). The van der Waals surface area contributed by atoms with Crippen molar-refractivity contribution in [2.75, 3.05) is 32.8 Å². The second-order valence-electron chi connectivity index (χ2n) is 8.70. The van der Waals surface area contributed by atoms with Crippen molar-refractivity contribution in [2.24, 2.45) is 0 Å². The fraction of sp³-hybridized carbons (Fsp3) is 0.370. The molecular weight excluding hydrogens is 492 g/mol. The van der Waals surface area contributed by atoms with Gasteiger partial charge in [0.2, 0.25) is 17.7 Å². The van der Waals surface area contributed by atoms with Crippen LogP contribution in [0.1, 0.15) is 42.7 Å². The molecule has 0 heterocycles. The predicted molar refractivity (Wildman–Crippen MR) is 138 cm³/mol. The minimum Gasteiger partial charge on any atom is -0.481 e. The first-order chi connectivity index (χ1) is 18.3. The van der Waals surface area contributed by atoms with Crippen molar-refractivity contribution in [3.8, 4) is 11.1 Å². The zero-order valence-electron chi connectivity index (χ0n) is 21.0. The largest absolute Gasteiger partial charge is 0.481 e. The molecule has 0 fully saturated rings. The lowest BCUT2D eigenvalue weighted by Gasteiger charge is -2.14. The van der Waals surface area contributed by atoms with Crippen LogP contribution < -0.4 is 21.3 Å². The number of aliphatic carboxylic acids is 1. The number of rotatable bonds is 14. The Labute approximate surface area is 220 Å². The van der Waals surface area contributed by atoms with Crippen molar-refractivity contribution >= 4 is 29.8 Å². The molecule has 11 nitrogen and oxygen atoms in total. The van der Waals surface area contributed by atoms with Gasteiger partial charge in [0.1, 0.15) is 6.61 Å². The van der Waals surface area contributed by atoms with Gasteiger partial charge in [0.05, 0.1) is 6.42 Å². The molecule has 4 amide bonds. The number of fused-ring (bicyclic) bond motifs is 3. The highest BCUT2D eigenvalue weighted by atomic mass is 16.5. The van der Waals surface area contributed by atoms with E-state index >= 15 is 0 Å². The van der Waals surface area contributed by atoms with E-state index in [-0.39, 0.29) is 82.1 Å². The third-order valence-corrected chi connectivity index (χ3v) is 5.97. The van der Waals surface area contributed by atoms with Gasteiger partial charge in [-0.25, -0.2) is 4.79 Å². The Balaban J connectivity index is 1.25. The van der Waals surface area contributed by atoms with Gasteiger partial charge in [0.25, 0.3) is 0 Å². The van der Waals surface area contributed by atoms with Gasteiger partial charge in [-0.05, 0) is 22.3 Å². The summed E-state index contributed by atoms with van der Waals surface area (Å²) in [6.07, 6.45) is -0.682. The third-order valence-electron chi connectivity index (χ3n) is 5.97. The van der Waals surface area contributed by atoms with E-state index in [1.165, 1.54) is 0 Å². The second kappa shape index (κ2) is 14.4. The SMILES string of the molecule is O=C(O)CCNC(=O)CCNC(=O)CCNC(=O)CCNC(=O)OCC1c2ccccc2-c2ccccc21. The number of carbonyl (C=O) groups excluding carboxylic acids is 4. The first-order valence-electron chi connectivity index (χ1n) is 12.5. The maximum atomic E-state index is 12.2. The molecule has 0 aliphatic heterocycles. The Morgan fingerprint density at radius 2 is 1.05 bits per heavy atom. The number of carbonyl (C=O) groups is 5. The average Bonchev–Trinajstić information content (AvgIpc) is 3.21. The Hall–Kier alpha value is -4.41. The quantitative estimate of drug-likeness (QED) is 0.250. The molecule has 0 saturated heterocycles. The van der Waals surface area contributed by atoms with Crippen LogP contribution in [-0.4, -0.2) is 67.7 Å². The molecule has 0 radical (unpaired) electrons. The highest BCUT2D eigenvalue weighted by Crippen LogP contribution is 2.44. The zero-order chi connectivity index (χ0) is 27.3. The molecule has 5 N–H and O–H groups in total. The maximum absolute atomic E-state index is 12.2. The summed E-state index contributed by atoms with van der Waals surface area (Å²) >= 11 is 0. The van der Waals surface area contributed by atoms with Crippen LogP contribution in [0, 0.1) is 0 Å². The van der Waals surface area contributed by atoms with E-state index in [1.807, 2.05) is 36.4 Å². The molecule has 2 aromatic rings. The minimum absolute atomic E-state index is 0.0270. The Kier molecular flexibility index (Phi) is 10.6. The van der Waals surface area contributed by atoms with Crippen LogP contribution in [0.4, 0.5) is 4.79 Å². The molecule has 1 aliphatic carbocycles. The normalized spacial score (nSPS) is 11.6. The first kappa shape index (κ1) is 28.2. The highest BCUT2D eigenvalue weighted by molar-refractivity contribution is 5.81. The summed E-state index contributed by atoms with van der Waals surface area (Å²) in [6, 6.07) is 16.1. The number of hydrogen-bond acceptors (Lipinski definition) is 6. The number of ether oxygens (including phenoxy) is 1. The molecule has 0 unspecified atom stereocenters. The van der Waals surface area contributed by atoms with E-state index in [0.29, 0.717) is 0 Å². The number of hydrogen-bond donors (Lipinski definition) is 5. The van der Waals surface area contributed by atoms with E-state index in [9.17, 15) is 24.0 Å². The Morgan fingerprint density at radius 1 is 0.632 bits per heavy atom. The van der Waals surface area contributed by atoms with Crippen LogP contribution in [0.3, 0.4) is 0 Å². The minimum atomic E-state index is -1.01. The van der Waals surface area contributed by atoms with Crippen LogP contribution in [0.5, 0.6) is 0 Å². The number of alkyl carbamates (subject to hydrolysis) is 1. The summed E-state index contributed by atoms with van der Waals surface area (Å²) in [4.78, 5) is 57.9.